The zero-order valence-electron chi connectivity index (χ0n) is 11.9. The molecule has 1 fully saturated rings. The summed E-state index contributed by atoms with van der Waals surface area (Å²) in [7, 11) is 1.65. The van der Waals surface area contributed by atoms with Crippen molar-refractivity contribution in [1.29, 1.82) is 0 Å². The third-order valence-corrected chi connectivity index (χ3v) is 3.43. The van der Waals surface area contributed by atoms with Crippen molar-refractivity contribution in [2.24, 2.45) is 5.41 Å². The van der Waals surface area contributed by atoms with Crippen LogP contribution in [-0.2, 0) is 14.2 Å². The Kier molecular flexibility index (Phi) is 7.79. The second-order valence-electron chi connectivity index (χ2n) is 5.24. The van der Waals surface area contributed by atoms with E-state index in [1.165, 1.54) is 0 Å². The Bertz CT molecular complexity index is 256. The molecule has 0 saturated carbocycles. The molecule has 0 aromatic heterocycles. The van der Waals surface area contributed by atoms with E-state index in [4.69, 9.17) is 9.47 Å². The molecule has 0 radical (unpaired) electrons. The summed E-state index contributed by atoms with van der Waals surface area (Å²) in [6.07, 6.45) is -1.88. The monoisotopic (exact) mass is 299 g/mol. The zero-order valence-corrected chi connectivity index (χ0v) is 11.9. The van der Waals surface area contributed by atoms with Crippen LogP contribution in [-0.4, -0.2) is 59.4 Å². The predicted molar refractivity (Wildman–Crippen MR) is 68.7 cm³/mol. The lowest BCUT2D eigenvalue weighted by atomic mass is 9.82. The number of nitrogens with one attached hydrogen (secondary N) is 1. The molecule has 20 heavy (non-hydrogen) atoms. The molecule has 1 saturated heterocycles. The molecule has 0 bridgehead atoms. The number of hydrogen-bond acceptors (Lipinski definition) is 4. The molecule has 0 aromatic carbocycles. The number of ether oxygens (including phenoxy) is 3. The predicted octanol–water partition coefficient (Wildman–Crippen LogP) is 1.99. The highest BCUT2D eigenvalue weighted by Gasteiger charge is 2.34. The first-order valence-electron chi connectivity index (χ1n) is 6.89. The lowest BCUT2D eigenvalue weighted by Gasteiger charge is -2.27. The van der Waals surface area contributed by atoms with E-state index in [1.807, 2.05) is 0 Å². The third-order valence-electron chi connectivity index (χ3n) is 3.43. The van der Waals surface area contributed by atoms with Gasteiger partial charge in [0.15, 0.2) is 0 Å². The van der Waals surface area contributed by atoms with Crippen molar-refractivity contribution in [1.82, 2.24) is 5.32 Å². The number of rotatable bonds is 10. The fourth-order valence-corrected chi connectivity index (χ4v) is 2.34. The van der Waals surface area contributed by atoms with E-state index in [0.29, 0.717) is 19.6 Å². The van der Waals surface area contributed by atoms with Crippen molar-refractivity contribution >= 4 is 0 Å². The van der Waals surface area contributed by atoms with Gasteiger partial charge in [-0.05, 0) is 19.3 Å². The van der Waals surface area contributed by atoms with Gasteiger partial charge >= 0.3 is 6.18 Å². The first kappa shape index (κ1) is 17.7. The van der Waals surface area contributed by atoms with Gasteiger partial charge in [0.2, 0.25) is 0 Å². The highest BCUT2D eigenvalue weighted by atomic mass is 19.4. The summed E-state index contributed by atoms with van der Waals surface area (Å²) in [4.78, 5) is 0. The molecule has 1 unspecified atom stereocenters. The Morgan fingerprint density at radius 3 is 2.70 bits per heavy atom. The molecule has 4 nitrogen and oxygen atoms in total. The van der Waals surface area contributed by atoms with Crippen LogP contribution >= 0.6 is 0 Å². The first-order chi connectivity index (χ1) is 9.47. The Labute approximate surface area is 117 Å². The van der Waals surface area contributed by atoms with Gasteiger partial charge in [-0.25, -0.2) is 0 Å². The second-order valence-corrected chi connectivity index (χ2v) is 5.24. The van der Waals surface area contributed by atoms with Gasteiger partial charge in [0.25, 0.3) is 0 Å². The lowest BCUT2D eigenvalue weighted by Crippen LogP contribution is -2.36. The van der Waals surface area contributed by atoms with Crippen molar-refractivity contribution in [2.75, 3.05) is 53.2 Å². The van der Waals surface area contributed by atoms with E-state index in [-0.39, 0.29) is 12.0 Å². The van der Waals surface area contributed by atoms with Crippen LogP contribution in [0.2, 0.25) is 0 Å². The van der Waals surface area contributed by atoms with E-state index in [1.54, 1.807) is 7.11 Å². The molecule has 7 heteroatoms. The number of halogens is 3. The normalized spacial score (nSPS) is 23.4. The molecule has 1 heterocycles. The van der Waals surface area contributed by atoms with Crippen LogP contribution in [0.3, 0.4) is 0 Å². The van der Waals surface area contributed by atoms with Gasteiger partial charge in [0, 0.05) is 38.8 Å². The quantitative estimate of drug-likeness (QED) is 0.626. The summed E-state index contributed by atoms with van der Waals surface area (Å²) in [6.45, 7) is 2.56. The van der Waals surface area contributed by atoms with E-state index in [9.17, 15) is 13.2 Å². The second kappa shape index (κ2) is 8.81. The van der Waals surface area contributed by atoms with Gasteiger partial charge in [-0.1, -0.05) is 0 Å². The standard InChI is InChI=1S/C13H24F3NO3/c1-18-8-5-17-9-12(4-7-20-10-12)3-2-6-19-11-13(14,15)16/h17H,2-11H2,1H3. The number of alkyl halides is 3. The highest BCUT2D eigenvalue weighted by molar-refractivity contribution is 4.85. The summed E-state index contributed by atoms with van der Waals surface area (Å²) >= 11 is 0. The molecular formula is C13H24F3NO3. The topological polar surface area (TPSA) is 39.7 Å². The van der Waals surface area contributed by atoms with E-state index in [0.717, 1.165) is 32.5 Å². The Morgan fingerprint density at radius 1 is 1.30 bits per heavy atom. The van der Waals surface area contributed by atoms with Gasteiger partial charge in [-0.3, -0.25) is 0 Å². The van der Waals surface area contributed by atoms with Crippen LogP contribution in [0.25, 0.3) is 0 Å². The van der Waals surface area contributed by atoms with Gasteiger partial charge < -0.3 is 19.5 Å². The summed E-state index contributed by atoms with van der Waals surface area (Å²) in [5.41, 5.74) is 0.0231. The maximum absolute atomic E-state index is 11.9. The lowest BCUT2D eigenvalue weighted by molar-refractivity contribution is -0.174. The molecule has 120 valence electrons. The molecular weight excluding hydrogens is 275 g/mol. The van der Waals surface area contributed by atoms with E-state index in [2.05, 4.69) is 10.1 Å². The average molecular weight is 299 g/mol. The number of hydrogen-bond donors (Lipinski definition) is 1. The molecule has 0 aromatic rings. The average Bonchev–Trinajstić information content (AvgIpc) is 2.82. The van der Waals surface area contributed by atoms with Crippen molar-refractivity contribution < 1.29 is 27.4 Å². The fraction of sp³-hybridized carbons (Fsp3) is 1.00. The Hall–Kier alpha value is -0.370. The smallest absolute Gasteiger partial charge is 0.383 e. The molecule has 1 N–H and O–H groups in total. The van der Waals surface area contributed by atoms with Gasteiger partial charge in [-0.2, -0.15) is 13.2 Å². The molecule has 1 aliphatic rings. The SMILES string of the molecule is COCCNCC1(CCCOCC(F)(F)F)CCOC1. The molecule has 0 spiro atoms. The van der Waals surface area contributed by atoms with Crippen LogP contribution < -0.4 is 5.32 Å². The first-order valence-corrected chi connectivity index (χ1v) is 6.89. The molecule has 1 rings (SSSR count). The van der Waals surface area contributed by atoms with Crippen molar-refractivity contribution in [3.8, 4) is 0 Å². The van der Waals surface area contributed by atoms with Crippen LogP contribution in [0, 0.1) is 5.41 Å². The van der Waals surface area contributed by atoms with Crippen molar-refractivity contribution in [2.45, 2.75) is 25.4 Å². The van der Waals surface area contributed by atoms with E-state index >= 15 is 0 Å². The van der Waals surface area contributed by atoms with Crippen LogP contribution in [0.5, 0.6) is 0 Å². The van der Waals surface area contributed by atoms with Crippen LogP contribution in [0.15, 0.2) is 0 Å². The fourth-order valence-electron chi connectivity index (χ4n) is 2.34. The summed E-state index contributed by atoms with van der Waals surface area (Å²) in [6, 6.07) is 0. The van der Waals surface area contributed by atoms with Gasteiger partial charge in [0.05, 0.1) is 13.2 Å². The Morgan fingerprint density at radius 2 is 2.10 bits per heavy atom. The van der Waals surface area contributed by atoms with Crippen molar-refractivity contribution in [3.05, 3.63) is 0 Å². The van der Waals surface area contributed by atoms with Gasteiger partial charge in [0.1, 0.15) is 6.61 Å². The third kappa shape index (κ3) is 7.42. The molecule has 0 amide bonds. The summed E-state index contributed by atoms with van der Waals surface area (Å²) in [5, 5.41) is 3.31. The number of methoxy groups -OCH3 is 1. The largest absolute Gasteiger partial charge is 0.411 e. The van der Waals surface area contributed by atoms with Crippen LogP contribution in [0.4, 0.5) is 13.2 Å². The maximum atomic E-state index is 11.9. The summed E-state index contributed by atoms with van der Waals surface area (Å²) in [5.74, 6) is 0. The molecule has 0 aliphatic carbocycles. The highest BCUT2D eigenvalue weighted by Crippen LogP contribution is 2.33. The minimum Gasteiger partial charge on any atom is -0.383 e. The Balaban J connectivity index is 2.18. The molecule has 1 aliphatic heterocycles. The minimum absolute atomic E-state index is 0.0231. The van der Waals surface area contributed by atoms with Gasteiger partial charge in [-0.15, -0.1) is 0 Å². The molecule has 1 atom stereocenters. The van der Waals surface area contributed by atoms with E-state index < -0.39 is 12.8 Å². The van der Waals surface area contributed by atoms with Crippen molar-refractivity contribution in [3.63, 3.8) is 0 Å². The maximum Gasteiger partial charge on any atom is 0.411 e. The summed E-state index contributed by atoms with van der Waals surface area (Å²) < 4.78 is 50.8. The minimum atomic E-state index is -4.24. The van der Waals surface area contributed by atoms with Crippen LogP contribution in [0.1, 0.15) is 19.3 Å². The zero-order chi connectivity index (χ0) is 14.9.